The van der Waals surface area contributed by atoms with Crippen molar-refractivity contribution in [2.24, 2.45) is 5.92 Å². The Morgan fingerprint density at radius 1 is 1.56 bits per heavy atom. The van der Waals surface area contributed by atoms with Gasteiger partial charge in [-0.1, -0.05) is 6.08 Å². The molecule has 0 radical (unpaired) electrons. The molecule has 0 aromatic heterocycles. The molecule has 9 heavy (non-hydrogen) atoms. The number of piperidine rings is 2. The first-order valence-electron chi connectivity index (χ1n) is 3.73. The highest BCUT2D eigenvalue weighted by molar-refractivity contribution is 5.14. The summed E-state index contributed by atoms with van der Waals surface area (Å²) in [6, 6.07) is 0. The smallest absolute Gasteiger partial charge is 0.0366 e. The lowest BCUT2D eigenvalue weighted by Gasteiger charge is -2.51. The molecular formula is C8H13N. The summed E-state index contributed by atoms with van der Waals surface area (Å²) < 4.78 is 0. The number of hydrogen-bond donors (Lipinski definition) is 1. The van der Waals surface area contributed by atoms with Crippen LogP contribution in [0, 0.1) is 5.92 Å². The molecule has 1 nitrogen and oxygen atoms in total. The molecular weight excluding hydrogens is 110 g/mol. The largest absolute Gasteiger partial charge is 0.308 e. The van der Waals surface area contributed by atoms with Gasteiger partial charge >= 0.3 is 0 Å². The Morgan fingerprint density at radius 3 is 2.67 bits per heavy atom. The van der Waals surface area contributed by atoms with E-state index in [-0.39, 0.29) is 0 Å². The van der Waals surface area contributed by atoms with E-state index in [1.807, 2.05) is 0 Å². The monoisotopic (exact) mass is 123 g/mol. The summed E-state index contributed by atoms with van der Waals surface area (Å²) in [6.07, 6.45) is 6.16. The van der Waals surface area contributed by atoms with Gasteiger partial charge in [0.05, 0.1) is 0 Å². The molecule has 2 heterocycles. The van der Waals surface area contributed by atoms with E-state index in [0.29, 0.717) is 5.54 Å². The topological polar surface area (TPSA) is 12.0 Å². The molecule has 0 unspecified atom stereocenters. The van der Waals surface area contributed by atoms with E-state index in [1.165, 1.54) is 25.8 Å². The first-order chi connectivity index (χ1) is 4.35. The van der Waals surface area contributed by atoms with E-state index < -0.39 is 0 Å². The summed E-state index contributed by atoms with van der Waals surface area (Å²) in [5.74, 6) is 1.02. The van der Waals surface area contributed by atoms with Crippen molar-refractivity contribution in [3.8, 4) is 0 Å². The molecule has 1 aliphatic carbocycles. The fraction of sp³-hybridized carbons (Fsp3) is 0.750. The Kier molecular flexibility index (Phi) is 0.974. The molecule has 0 aromatic rings. The molecule has 1 heteroatoms. The number of nitrogens with one attached hydrogen (secondary N) is 1. The first kappa shape index (κ1) is 5.48. The molecule has 0 aromatic carbocycles. The van der Waals surface area contributed by atoms with Gasteiger partial charge < -0.3 is 5.32 Å². The van der Waals surface area contributed by atoms with Crippen LogP contribution in [-0.4, -0.2) is 12.1 Å². The molecule has 1 saturated carbocycles. The summed E-state index contributed by atoms with van der Waals surface area (Å²) in [6.45, 7) is 5.04. The Morgan fingerprint density at radius 2 is 2.33 bits per heavy atom. The van der Waals surface area contributed by atoms with Crippen molar-refractivity contribution in [1.29, 1.82) is 0 Å². The maximum Gasteiger partial charge on any atom is 0.0366 e. The molecule has 0 spiro atoms. The van der Waals surface area contributed by atoms with Crippen LogP contribution < -0.4 is 5.32 Å². The minimum atomic E-state index is 0.378. The SMILES string of the molecule is C=CC12CC(CCN1)C2. The van der Waals surface area contributed by atoms with Gasteiger partial charge in [-0.05, 0) is 31.7 Å². The van der Waals surface area contributed by atoms with E-state index in [9.17, 15) is 0 Å². The van der Waals surface area contributed by atoms with E-state index in [0.717, 1.165) is 5.92 Å². The molecule has 2 aliphatic heterocycles. The fourth-order valence-corrected chi connectivity index (χ4v) is 2.08. The second kappa shape index (κ2) is 1.60. The lowest BCUT2D eigenvalue weighted by molar-refractivity contribution is 0.0945. The zero-order chi connectivity index (χ0) is 6.32. The van der Waals surface area contributed by atoms with Crippen LogP contribution in [0.5, 0.6) is 0 Å². The number of fused-ring (bicyclic) bond motifs is 2. The Labute approximate surface area is 56.1 Å². The quantitative estimate of drug-likeness (QED) is 0.518. The third-order valence-electron chi connectivity index (χ3n) is 2.73. The van der Waals surface area contributed by atoms with Crippen LogP contribution >= 0.6 is 0 Å². The van der Waals surface area contributed by atoms with Crippen molar-refractivity contribution in [2.45, 2.75) is 24.8 Å². The zero-order valence-corrected chi connectivity index (χ0v) is 5.69. The van der Waals surface area contributed by atoms with E-state index in [2.05, 4.69) is 18.0 Å². The maximum atomic E-state index is 3.83. The predicted octanol–water partition coefficient (Wildman–Crippen LogP) is 1.31. The predicted molar refractivity (Wildman–Crippen MR) is 38.3 cm³/mol. The molecule has 0 atom stereocenters. The Hall–Kier alpha value is -0.300. The van der Waals surface area contributed by atoms with Gasteiger partial charge in [-0.3, -0.25) is 0 Å². The molecule has 2 bridgehead atoms. The second-order valence-corrected chi connectivity index (χ2v) is 3.35. The average Bonchev–Trinajstić information content (AvgIpc) is 1.88. The standard InChI is InChI=1S/C8H13N/c1-2-8-5-7(6-8)3-4-9-8/h2,7,9H,1,3-6H2. The van der Waals surface area contributed by atoms with Crippen molar-refractivity contribution in [2.75, 3.05) is 6.54 Å². The lowest BCUT2D eigenvalue weighted by Crippen LogP contribution is -2.58. The van der Waals surface area contributed by atoms with Crippen LogP contribution in [0.3, 0.4) is 0 Å². The van der Waals surface area contributed by atoms with Crippen molar-refractivity contribution in [1.82, 2.24) is 5.32 Å². The highest BCUT2D eigenvalue weighted by Gasteiger charge is 2.44. The van der Waals surface area contributed by atoms with Crippen LogP contribution in [0.25, 0.3) is 0 Å². The van der Waals surface area contributed by atoms with Crippen molar-refractivity contribution in [3.05, 3.63) is 12.7 Å². The van der Waals surface area contributed by atoms with Crippen LogP contribution in [0.4, 0.5) is 0 Å². The van der Waals surface area contributed by atoms with Crippen LogP contribution in [0.2, 0.25) is 0 Å². The molecule has 3 aliphatic rings. The molecule has 0 amide bonds. The summed E-state index contributed by atoms with van der Waals surface area (Å²) in [5, 5.41) is 3.49. The Balaban J connectivity index is 2.09. The van der Waals surface area contributed by atoms with Crippen LogP contribution in [-0.2, 0) is 0 Å². The lowest BCUT2D eigenvalue weighted by atomic mass is 9.64. The summed E-state index contributed by atoms with van der Waals surface area (Å²) in [7, 11) is 0. The maximum absolute atomic E-state index is 3.83. The molecule has 1 N–H and O–H groups in total. The minimum absolute atomic E-state index is 0.378. The normalized spacial score (nSPS) is 47.8. The fourth-order valence-electron chi connectivity index (χ4n) is 2.08. The van der Waals surface area contributed by atoms with Crippen molar-refractivity contribution < 1.29 is 0 Å². The Bertz CT molecular complexity index is 128. The molecule has 3 rings (SSSR count). The van der Waals surface area contributed by atoms with Crippen molar-refractivity contribution in [3.63, 3.8) is 0 Å². The van der Waals surface area contributed by atoms with Gasteiger partial charge in [-0.15, -0.1) is 6.58 Å². The zero-order valence-electron chi connectivity index (χ0n) is 5.69. The van der Waals surface area contributed by atoms with Gasteiger partial charge in [-0.2, -0.15) is 0 Å². The highest BCUT2D eigenvalue weighted by Crippen LogP contribution is 2.43. The summed E-state index contributed by atoms with van der Waals surface area (Å²) in [4.78, 5) is 0. The van der Waals surface area contributed by atoms with Gasteiger partial charge in [0, 0.05) is 5.54 Å². The van der Waals surface area contributed by atoms with Gasteiger partial charge in [0.2, 0.25) is 0 Å². The summed E-state index contributed by atoms with van der Waals surface area (Å²) >= 11 is 0. The number of hydrogen-bond acceptors (Lipinski definition) is 1. The van der Waals surface area contributed by atoms with Crippen LogP contribution in [0.1, 0.15) is 19.3 Å². The van der Waals surface area contributed by atoms with Crippen molar-refractivity contribution >= 4 is 0 Å². The minimum Gasteiger partial charge on any atom is -0.308 e. The van der Waals surface area contributed by atoms with Gasteiger partial charge in [-0.25, -0.2) is 0 Å². The van der Waals surface area contributed by atoms with Crippen LogP contribution in [0.15, 0.2) is 12.7 Å². The van der Waals surface area contributed by atoms with Gasteiger partial charge in [0.25, 0.3) is 0 Å². The second-order valence-electron chi connectivity index (χ2n) is 3.35. The first-order valence-corrected chi connectivity index (χ1v) is 3.73. The third kappa shape index (κ3) is 0.645. The van der Waals surface area contributed by atoms with Gasteiger partial charge in [0.1, 0.15) is 0 Å². The number of rotatable bonds is 1. The molecule has 2 saturated heterocycles. The van der Waals surface area contributed by atoms with Gasteiger partial charge in [0.15, 0.2) is 0 Å². The van der Waals surface area contributed by atoms with E-state index in [4.69, 9.17) is 0 Å². The molecule has 50 valence electrons. The highest BCUT2D eigenvalue weighted by atomic mass is 15.0. The van der Waals surface area contributed by atoms with E-state index in [1.54, 1.807) is 0 Å². The third-order valence-corrected chi connectivity index (χ3v) is 2.73. The average molecular weight is 123 g/mol. The van der Waals surface area contributed by atoms with E-state index >= 15 is 0 Å². The molecule has 3 fully saturated rings. The summed E-state index contributed by atoms with van der Waals surface area (Å²) in [5.41, 5.74) is 0.378.